The molecule has 4 N–H and O–H groups in total. The Morgan fingerprint density at radius 1 is 1.09 bits per heavy atom. The van der Waals surface area contributed by atoms with Crippen LogP contribution in [-0.4, -0.2) is 56.9 Å². The summed E-state index contributed by atoms with van der Waals surface area (Å²) in [5, 5.41) is 38.5. The Bertz CT molecular complexity index is 335. The highest BCUT2D eigenvalue weighted by atomic mass is 16.7. The van der Waals surface area contributed by atoms with Crippen molar-refractivity contribution >= 4 is 5.78 Å². The minimum Gasteiger partial charge on any atom is -0.394 e. The first-order chi connectivity index (χ1) is 10.4. The Hall–Kier alpha value is -0.530. The lowest BCUT2D eigenvalue weighted by atomic mass is 9.98. The average Bonchev–Trinajstić information content (AvgIpc) is 2.70. The summed E-state index contributed by atoms with van der Waals surface area (Å²) in [5.41, 5.74) is 0. The minimum atomic E-state index is -2.09. The van der Waals surface area contributed by atoms with Gasteiger partial charge in [0.2, 0.25) is 5.79 Å². The van der Waals surface area contributed by atoms with Gasteiger partial charge >= 0.3 is 0 Å². The molecule has 1 saturated heterocycles. The lowest BCUT2D eigenvalue weighted by Gasteiger charge is -2.25. The van der Waals surface area contributed by atoms with Crippen molar-refractivity contribution in [2.45, 2.75) is 88.8 Å². The third kappa shape index (κ3) is 5.59. The zero-order valence-corrected chi connectivity index (χ0v) is 13.4. The van der Waals surface area contributed by atoms with Crippen LogP contribution >= 0.6 is 0 Å². The molecule has 0 radical (unpaired) electrons. The minimum absolute atomic E-state index is 0.208. The van der Waals surface area contributed by atoms with Gasteiger partial charge in [-0.25, -0.2) is 0 Å². The molecule has 0 saturated carbocycles. The number of ether oxygens (including phenoxy) is 1. The summed E-state index contributed by atoms with van der Waals surface area (Å²) < 4.78 is 5.05. The van der Waals surface area contributed by atoms with Crippen LogP contribution in [0.2, 0.25) is 0 Å². The molecule has 0 aromatic rings. The predicted octanol–water partition coefficient (Wildman–Crippen LogP) is 0.888. The molecule has 0 aliphatic carbocycles. The van der Waals surface area contributed by atoms with Crippen LogP contribution in [0.1, 0.15) is 64.7 Å². The highest BCUT2D eigenvalue weighted by Crippen LogP contribution is 2.32. The predicted molar refractivity (Wildman–Crippen MR) is 81.2 cm³/mol. The molecule has 1 heterocycles. The molecule has 1 rings (SSSR count). The van der Waals surface area contributed by atoms with E-state index < -0.39 is 30.7 Å². The number of aliphatic hydroxyl groups is 4. The number of aliphatic hydroxyl groups excluding tert-OH is 3. The zero-order chi connectivity index (χ0) is 16.6. The van der Waals surface area contributed by atoms with E-state index in [0.29, 0.717) is 6.42 Å². The molecular formula is C16H30O6. The van der Waals surface area contributed by atoms with Gasteiger partial charge in [-0.05, 0) is 6.42 Å². The molecule has 0 aromatic carbocycles. The summed E-state index contributed by atoms with van der Waals surface area (Å²) in [5.74, 6) is -2.30. The van der Waals surface area contributed by atoms with Crippen LogP contribution in [0.25, 0.3) is 0 Å². The number of ketones is 1. The van der Waals surface area contributed by atoms with Gasteiger partial charge in [-0.15, -0.1) is 0 Å². The van der Waals surface area contributed by atoms with Gasteiger partial charge in [0.25, 0.3) is 0 Å². The summed E-state index contributed by atoms with van der Waals surface area (Å²) in [4.78, 5) is 11.9. The molecule has 1 aliphatic heterocycles. The second-order valence-electron chi connectivity index (χ2n) is 6.21. The molecule has 1 aliphatic rings. The van der Waals surface area contributed by atoms with Gasteiger partial charge in [-0.2, -0.15) is 0 Å². The normalized spacial score (nSPS) is 31.6. The van der Waals surface area contributed by atoms with Crippen LogP contribution in [0.4, 0.5) is 0 Å². The highest BCUT2D eigenvalue weighted by molar-refractivity contribution is 5.79. The van der Waals surface area contributed by atoms with Crippen molar-refractivity contribution in [1.82, 2.24) is 0 Å². The van der Waals surface area contributed by atoms with Crippen molar-refractivity contribution in [3.8, 4) is 0 Å². The second kappa shape index (κ2) is 9.57. The van der Waals surface area contributed by atoms with E-state index in [1.807, 2.05) is 0 Å². The summed E-state index contributed by atoms with van der Waals surface area (Å²) in [6.07, 6.45) is 3.61. The van der Waals surface area contributed by atoms with Gasteiger partial charge in [-0.3, -0.25) is 4.79 Å². The fraction of sp³-hybridized carbons (Fsp3) is 0.938. The fourth-order valence-corrected chi connectivity index (χ4v) is 2.81. The maximum atomic E-state index is 11.9. The average molecular weight is 318 g/mol. The standard InChI is InChI=1S/C16H30O6/c1-2-3-4-5-6-7-8-9-12(18)10-16(21)15(20)14(19)13(11-17)22-16/h13-15,17,19-21H,2-11H2,1H3/t13-,14+,15-,16-/m1/s1. The molecule has 130 valence electrons. The van der Waals surface area contributed by atoms with E-state index in [1.54, 1.807) is 0 Å². The Kier molecular flexibility index (Phi) is 8.49. The number of rotatable bonds is 11. The topological polar surface area (TPSA) is 107 Å². The quantitative estimate of drug-likeness (QED) is 0.421. The van der Waals surface area contributed by atoms with Gasteiger partial charge in [0.05, 0.1) is 13.0 Å². The van der Waals surface area contributed by atoms with Crippen LogP contribution in [0.5, 0.6) is 0 Å². The van der Waals surface area contributed by atoms with Gasteiger partial charge in [0.15, 0.2) is 0 Å². The van der Waals surface area contributed by atoms with Crippen LogP contribution in [0, 0.1) is 0 Å². The van der Waals surface area contributed by atoms with E-state index in [2.05, 4.69) is 6.92 Å². The van der Waals surface area contributed by atoms with E-state index in [4.69, 9.17) is 9.84 Å². The molecule has 0 bridgehead atoms. The molecule has 0 aromatic heterocycles. The molecular weight excluding hydrogens is 288 g/mol. The molecule has 0 spiro atoms. The molecule has 22 heavy (non-hydrogen) atoms. The van der Waals surface area contributed by atoms with Crippen molar-refractivity contribution < 1.29 is 30.0 Å². The number of carbonyl (C=O) groups is 1. The number of hydrogen-bond acceptors (Lipinski definition) is 6. The van der Waals surface area contributed by atoms with Crippen molar-refractivity contribution in [2.75, 3.05) is 6.61 Å². The fourth-order valence-electron chi connectivity index (χ4n) is 2.81. The molecule has 6 nitrogen and oxygen atoms in total. The molecule has 0 unspecified atom stereocenters. The van der Waals surface area contributed by atoms with Crippen molar-refractivity contribution in [1.29, 1.82) is 0 Å². The summed E-state index contributed by atoms with van der Waals surface area (Å²) in [6.45, 7) is 1.65. The third-order valence-corrected chi connectivity index (χ3v) is 4.21. The first-order valence-electron chi connectivity index (χ1n) is 8.33. The van der Waals surface area contributed by atoms with Crippen LogP contribution < -0.4 is 0 Å². The Balaban J connectivity index is 2.24. The van der Waals surface area contributed by atoms with E-state index in [9.17, 15) is 20.1 Å². The number of Topliss-reactive ketones (excluding diaryl/α,β-unsaturated/α-hetero) is 1. The summed E-state index contributed by atoms with van der Waals surface area (Å²) in [7, 11) is 0. The summed E-state index contributed by atoms with van der Waals surface area (Å²) >= 11 is 0. The monoisotopic (exact) mass is 318 g/mol. The molecule has 4 atom stereocenters. The van der Waals surface area contributed by atoms with Crippen LogP contribution in [0.3, 0.4) is 0 Å². The van der Waals surface area contributed by atoms with Gasteiger partial charge in [-0.1, -0.05) is 45.4 Å². The maximum Gasteiger partial charge on any atom is 0.202 e. The van der Waals surface area contributed by atoms with Crippen molar-refractivity contribution in [3.05, 3.63) is 0 Å². The first-order valence-corrected chi connectivity index (χ1v) is 8.33. The lowest BCUT2D eigenvalue weighted by molar-refractivity contribution is -0.231. The Morgan fingerprint density at radius 2 is 1.68 bits per heavy atom. The van der Waals surface area contributed by atoms with Gasteiger partial charge < -0.3 is 25.2 Å². The first kappa shape index (κ1) is 19.5. The van der Waals surface area contributed by atoms with E-state index in [-0.39, 0.29) is 12.2 Å². The van der Waals surface area contributed by atoms with E-state index >= 15 is 0 Å². The summed E-state index contributed by atoms with van der Waals surface area (Å²) in [6, 6.07) is 0. The number of hydrogen-bond donors (Lipinski definition) is 4. The van der Waals surface area contributed by atoms with Gasteiger partial charge in [0.1, 0.15) is 24.1 Å². The smallest absolute Gasteiger partial charge is 0.202 e. The van der Waals surface area contributed by atoms with Crippen molar-refractivity contribution in [3.63, 3.8) is 0 Å². The van der Waals surface area contributed by atoms with Gasteiger partial charge in [0, 0.05) is 6.42 Å². The highest BCUT2D eigenvalue weighted by Gasteiger charge is 2.53. The van der Waals surface area contributed by atoms with Crippen molar-refractivity contribution in [2.24, 2.45) is 0 Å². The van der Waals surface area contributed by atoms with Crippen LogP contribution in [-0.2, 0) is 9.53 Å². The van der Waals surface area contributed by atoms with E-state index in [1.165, 1.54) is 25.7 Å². The second-order valence-corrected chi connectivity index (χ2v) is 6.21. The Morgan fingerprint density at radius 3 is 2.23 bits per heavy atom. The molecule has 6 heteroatoms. The SMILES string of the molecule is CCCCCCCCCC(=O)C[C@@]1(O)O[C@H](CO)[C@H](O)[C@H]1O. The van der Waals surface area contributed by atoms with E-state index in [0.717, 1.165) is 19.3 Å². The molecule has 1 fully saturated rings. The lowest BCUT2D eigenvalue weighted by Crippen LogP contribution is -2.44. The maximum absolute atomic E-state index is 11.9. The zero-order valence-electron chi connectivity index (χ0n) is 13.4. The Labute approximate surface area is 132 Å². The number of carbonyl (C=O) groups excluding carboxylic acids is 1. The molecule has 0 amide bonds. The largest absolute Gasteiger partial charge is 0.394 e. The number of unbranched alkanes of at least 4 members (excludes halogenated alkanes) is 6. The third-order valence-electron chi connectivity index (χ3n) is 4.21. The van der Waals surface area contributed by atoms with Crippen LogP contribution in [0.15, 0.2) is 0 Å².